The fourth-order valence-corrected chi connectivity index (χ4v) is 2.19. The Balaban J connectivity index is 2.57. The highest BCUT2D eigenvalue weighted by molar-refractivity contribution is 5.73. The van der Waals surface area contributed by atoms with Gasteiger partial charge in [-0.15, -0.1) is 0 Å². The average Bonchev–Trinajstić information content (AvgIpc) is 2.46. The SMILES string of the molecule is Cc1ccc(C(CNC(=O)N(C)CCC(C)O)N(C)C)cc1. The molecule has 0 bridgehead atoms. The summed E-state index contributed by atoms with van der Waals surface area (Å²) in [6.45, 7) is 4.88. The van der Waals surface area contributed by atoms with E-state index >= 15 is 0 Å². The maximum Gasteiger partial charge on any atom is 0.317 e. The van der Waals surface area contributed by atoms with Crippen molar-refractivity contribution in [3.63, 3.8) is 0 Å². The first-order chi connectivity index (χ1) is 10.3. The third-order valence-corrected chi connectivity index (χ3v) is 3.76. The zero-order valence-electron chi connectivity index (χ0n) is 14.3. The summed E-state index contributed by atoms with van der Waals surface area (Å²) in [5, 5.41) is 12.2. The molecule has 124 valence electrons. The molecule has 2 N–H and O–H groups in total. The van der Waals surface area contributed by atoms with Crippen LogP contribution in [0.4, 0.5) is 4.79 Å². The molecule has 1 aromatic rings. The maximum atomic E-state index is 12.1. The number of carbonyl (C=O) groups excluding carboxylic acids is 1. The van der Waals surface area contributed by atoms with Crippen molar-refractivity contribution in [3.8, 4) is 0 Å². The number of aliphatic hydroxyl groups excluding tert-OH is 1. The Bertz CT molecular complexity index is 457. The topological polar surface area (TPSA) is 55.8 Å². The van der Waals surface area contributed by atoms with E-state index in [0.717, 1.165) is 0 Å². The van der Waals surface area contributed by atoms with Crippen LogP contribution in [-0.2, 0) is 0 Å². The Morgan fingerprint density at radius 1 is 1.23 bits per heavy atom. The number of amides is 2. The van der Waals surface area contributed by atoms with E-state index in [1.807, 2.05) is 14.1 Å². The van der Waals surface area contributed by atoms with Crippen molar-refractivity contribution in [1.29, 1.82) is 0 Å². The highest BCUT2D eigenvalue weighted by atomic mass is 16.3. The number of nitrogens with zero attached hydrogens (tertiary/aromatic N) is 2. The number of likely N-dealkylation sites (N-methyl/N-ethyl adjacent to an activating group) is 1. The standard InChI is InChI=1S/C17H29N3O2/c1-13-6-8-15(9-7-13)16(19(3)4)12-18-17(22)20(5)11-10-14(2)21/h6-9,14,16,21H,10-12H2,1-5H3,(H,18,22). The summed E-state index contributed by atoms with van der Waals surface area (Å²) in [5.41, 5.74) is 2.41. The van der Waals surface area contributed by atoms with E-state index in [2.05, 4.69) is 41.4 Å². The van der Waals surface area contributed by atoms with Gasteiger partial charge >= 0.3 is 6.03 Å². The van der Waals surface area contributed by atoms with Gasteiger partial charge in [0.1, 0.15) is 0 Å². The largest absolute Gasteiger partial charge is 0.393 e. The molecule has 0 heterocycles. The summed E-state index contributed by atoms with van der Waals surface area (Å²) in [6.07, 6.45) is 0.191. The number of hydrogen-bond donors (Lipinski definition) is 2. The summed E-state index contributed by atoms with van der Waals surface area (Å²) in [7, 11) is 5.76. The van der Waals surface area contributed by atoms with Gasteiger partial charge in [-0.3, -0.25) is 0 Å². The molecule has 0 aromatic heterocycles. The molecule has 1 rings (SSSR count). The monoisotopic (exact) mass is 307 g/mol. The van der Waals surface area contributed by atoms with Gasteiger partial charge in [0.2, 0.25) is 0 Å². The summed E-state index contributed by atoms with van der Waals surface area (Å²) in [4.78, 5) is 15.8. The molecule has 2 amide bonds. The van der Waals surface area contributed by atoms with Crippen LogP contribution in [-0.4, -0.2) is 61.3 Å². The quantitative estimate of drug-likeness (QED) is 0.810. The number of benzene rings is 1. The van der Waals surface area contributed by atoms with Gasteiger partial charge in [0, 0.05) is 20.1 Å². The number of aliphatic hydroxyl groups is 1. The van der Waals surface area contributed by atoms with Crippen LogP contribution >= 0.6 is 0 Å². The molecule has 0 saturated carbocycles. The van der Waals surface area contributed by atoms with Crippen molar-refractivity contribution in [1.82, 2.24) is 15.1 Å². The minimum Gasteiger partial charge on any atom is -0.393 e. The third-order valence-electron chi connectivity index (χ3n) is 3.76. The molecule has 22 heavy (non-hydrogen) atoms. The maximum absolute atomic E-state index is 12.1. The van der Waals surface area contributed by atoms with Gasteiger partial charge in [-0.2, -0.15) is 0 Å². The third kappa shape index (κ3) is 6.03. The second kappa shape index (κ2) is 8.76. The molecule has 1 aromatic carbocycles. The van der Waals surface area contributed by atoms with Crippen LogP contribution in [0.15, 0.2) is 24.3 Å². The van der Waals surface area contributed by atoms with Gasteiger partial charge in [0.05, 0.1) is 12.1 Å². The van der Waals surface area contributed by atoms with Crippen LogP contribution in [0, 0.1) is 6.92 Å². The number of hydrogen-bond acceptors (Lipinski definition) is 3. The molecule has 0 aliphatic carbocycles. The van der Waals surface area contributed by atoms with Crippen LogP contribution < -0.4 is 5.32 Å². The zero-order chi connectivity index (χ0) is 16.7. The molecule has 2 atom stereocenters. The van der Waals surface area contributed by atoms with Crippen molar-refractivity contribution in [2.45, 2.75) is 32.4 Å². The van der Waals surface area contributed by atoms with Gasteiger partial charge in [-0.25, -0.2) is 4.79 Å². The summed E-state index contributed by atoms with van der Waals surface area (Å²) >= 11 is 0. The van der Waals surface area contributed by atoms with E-state index in [1.165, 1.54) is 11.1 Å². The Hall–Kier alpha value is -1.59. The highest BCUT2D eigenvalue weighted by Crippen LogP contribution is 2.17. The van der Waals surface area contributed by atoms with E-state index in [-0.39, 0.29) is 12.1 Å². The molecule has 2 unspecified atom stereocenters. The van der Waals surface area contributed by atoms with Gasteiger partial charge in [-0.05, 0) is 39.9 Å². The molecule has 0 spiro atoms. The molecule has 0 fully saturated rings. The smallest absolute Gasteiger partial charge is 0.317 e. The van der Waals surface area contributed by atoms with Crippen LogP contribution in [0.5, 0.6) is 0 Å². The number of rotatable bonds is 7. The van der Waals surface area contributed by atoms with E-state index in [0.29, 0.717) is 19.5 Å². The fraction of sp³-hybridized carbons (Fsp3) is 0.588. The van der Waals surface area contributed by atoms with E-state index in [4.69, 9.17) is 0 Å². The van der Waals surface area contributed by atoms with E-state index < -0.39 is 6.10 Å². The fourth-order valence-electron chi connectivity index (χ4n) is 2.19. The van der Waals surface area contributed by atoms with Crippen LogP contribution in [0.3, 0.4) is 0 Å². The number of urea groups is 1. The first kappa shape index (κ1) is 18.5. The van der Waals surface area contributed by atoms with Crippen LogP contribution in [0.2, 0.25) is 0 Å². The van der Waals surface area contributed by atoms with Crippen LogP contribution in [0.1, 0.15) is 30.5 Å². The molecular weight excluding hydrogens is 278 g/mol. The van der Waals surface area contributed by atoms with E-state index in [9.17, 15) is 9.90 Å². The number of nitrogens with one attached hydrogen (secondary N) is 1. The first-order valence-corrected chi connectivity index (χ1v) is 7.71. The number of aryl methyl sites for hydroxylation is 1. The Kier molecular flexibility index (Phi) is 7.35. The van der Waals surface area contributed by atoms with Gasteiger partial charge in [0.15, 0.2) is 0 Å². The predicted molar refractivity (Wildman–Crippen MR) is 89.9 cm³/mol. The van der Waals surface area contributed by atoms with Gasteiger partial charge < -0.3 is 20.2 Å². The summed E-state index contributed by atoms with van der Waals surface area (Å²) in [6, 6.07) is 8.40. The first-order valence-electron chi connectivity index (χ1n) is 7.71. The van der Waals surface area contributed by atoms with Gasteiger partial charge in [-0.1, -0.05) is 29.8 Å². The molecule has 0 aliphatic rings. The lowest BCUT2D eigenvalue weighted by molar-refractivity contribution is 0.162. The normalized spacial score (nSPS) is 13.8. The minimum atomic E-state index is -0.391. The van der Waals surface area contributed by atoms with Gasteiger partial charge in [0.25, 0.3) is 0 Å². The lowest BCUT2D eigenvalue weighted by Crippen LogP contribution is -2.42. The molecule has 0 aliphatic heterocycles. The molecule has 0 radical (unpaired) electrons. The minimum absolute atomic E-state index is 0.111. The lowest BCUT2D eigenvalue weighted by atomic mass is 10.0. The van der Waals surface area contributed by atoms with Crippen molar-refractivity contribution in [2.75, 3.05) is 34.2 Å². The number of carbonyl (C=O) groups is 1. The van der Waals surface area contributed by atoms with Crippen LogP contribution in [0.25, 0.3) is 0 Å². The van der Waals surface area contributed by atoms with Crippen molar-refractivity contribution >= 4 is 6.03 Å². The van der Waals surface area contributed by atoms with Crippen molar-refractivity contribution < 1.29 is 9.90 Å². The molecule has 5 heteroatoms. The predicted octanol–water partition coefficient (Wildman–Crippen LogP) is 2.01. The summed E-state index contributed by atoms with van der Waals surface area (Å²) < 4.78 is 0. The average molecular weight is 307 g/mol. The van der Waals surface area contributed by atoms with Crippen molar-refractivity contribution in [2.24, 2.45) is 0 Å². The zero-order valence-corrected chi connectivity index (χ0v) is 14.3. The Morgan fingerprint density at radius 2 is 1.82 bits per heavy atom. The Labute approximate surface area is 133 Å². The highest BCUT2D eigenvalue weighted by Gasteiger charge is 2.16. The lowest BCUT2D eigenvalue weighted by Gasteiger charge is -2.27. The molecule has 5 nitrogen and oxygen atoms in total. The molecule has 0 saturated heterocycles. The van der Waals surface area contributed by atoms with Crippen molar-refractivity contribution in [3.05, 3.63) is 35.4 Å². The molecular formula is C17H29N3O2. The van der Waals surface area contributed by atoms with E-state index in [1.54, 1.807) is 18.9 Å². The summed E-state index contributed by atoms with van der Waals surface area (Å²) in [5.74, 6) is 0. The second-order valence-electron chi connectivity index (χ2n) is 6.14. The Morgan fingerprint density at radius 3 is 2.32 bits per heavy atom. The second-order valence-corrected chi connectivity index (χ2v) is 6.14.